The average molecular weight is 303 g/mol. The monoisotopic (exact) mass is 302 g/mol. The van der Waals surface area contributed by atoms with Crippen LogP contribution in [0.3, 0.4) is 0 Å². The molecule has 106 valence electrons. The second-order valence-corrected chi connectivity index (χ2v) is 5.75. The maximum atomic E-state index is 12.9. The third kappa shape index (κ3) is 1.40. The van der Waals surface area contributed by atoms with Gasteiger partial charge in [-0.15, -0.1) is 0 Å². The second kappa shape index (κ2) is 3.85. The van der Waals surface area contributed by atoms with E-state index in [1.165, 1.54) is 0 Å². The van der Waals surface area contributed by atoms with Gasteiger partial charge in [-0.1, -0.05) is 11.6 Å². The van der Waals surface area contributed by atoms with Crippen LogP contribution in [0.5, 0.6) is 0 Å². The number of carbonyl (C=O) groups is 2. The predicted octanol–water partition coefficient (Wildman–Crippen LogP) is 1.67. The van der Waals surface area contributed by atoms with Gasteiger partial charge in [-0.25, -0.2) is 0 Å². The van der Waals surface area contributed by atoms with Crippen molar-refractivity contribution < 1.29 is 9.59 Å². The number of nitrogens with one attached hydrogen (secondary N) is 2. The fourth-order valence-electron chi connectivity index (χ4n) is 3.31. The molecule has 0 unspecified atom stereocenters. The van der Waals surface area contributed by atoms with Gasteiger partial charge in [0.05, 0.1) is 6.20 Å². The van der Waals surface area contributed by atoms with Gasteiger partial charge in [0.1, 0.15) is 11.2 Å². The Morgan fingerprint density at radius 3 is 2.95 bits per heavy atom. The van der Waals surface area contributed by atoms with Gasteiger partial charge < -0.3 is 10.2 Å². The zero-order valence-corrected chi connectivity index (χ0v) is 11.9. The summed E-state index contributed by atoms with van der Waals surface area (Å²) < 4.78 is 0. The number of rotatable bonds is 0. The summed E-state index contributed by atoms with van der Waals surface area (Å²) in [5, 5.41) is 9.95. The van der Waals surface area contributed by atoms with Gasteiger partial charge in [0, 0.05) is 29.7 Å². The largest absolute Gasteiger partial charge is 0.314 e. The van der Waals surface area contributed by atoms with Gasteiger partial charge in [0.15, 0.2) is 0 Å². The van der Waals surface area contributed by atoms with E-state index >= 15 is 0 Å². The third-order valence-corrected chi connectivity index (χ3v) is 4.47. The first-order valence-corrected chi connectivity index (χ1v) is 6.84. The molecule has 2 aliphatic rings. The van der Waals surface area contributed by atoms with Crippen LogP contribution in [0.25, 0.3) is 0 Å². The molecule has 1 spiro atoms. The average Bonchev–Trinajstić information content (AvgIpc) is 2.99. The van der Waals surface area contributed by atoms with Gasteiger partial charge in [0.2, 0.25) is 11.8 Å². The van der Waals surface area contributed by atoms with Crippen molar-refractivity contribution >= 4 is 34.9 Å². The summed E-state index contributed by atoms with van der Waals surface area (Å²) >= 11 is 6.10. The highest BCUT2D eigenvalue weighted by molar-refractivity contribution is 6.31. The van der Waals surface area contributed by atoms with Crippen molar-refractivity contribution in [3.8, 4) is 0 Å². The Morgan fingerprint density at radius 2 is 2.14 bits per heavy atom. The van der Waals surface area contributed by atoms with Crippen molar-refractivity contribution in [2.75, 3.05) is 17.3 Å². The van der Waals surface area contributed by atoms with Crippen molar-refractivity contribution in [3.63, 3.8) is 0 Å². The Morgan fingerprint density at radius 1 is 1.33 bits per heavy atom. The van der Waals surface area contributed by atoms with Crippen LogP contribution in [0, 0.1) is 0 Å². The lowest BCUT2D eigenvalue weighted by atomic mass is 9.72. The number of carbonyl (C=O) groups excluding carboxylic acids is 2. The number of H-pyrrole nitrogens is 1. The van der Waals surface area contributed by atoms with Gasteiger partial charge in [-0.3, -0.25) is 14.7 Å². The molecule has 2 amide bonds. The number of aromatic nitrogens is 2. The SMILES string of the molecule is CN1C(=O)[C@]2(CC(=O)Nc3[nH]ncc32)c2cc(Cl)ccc21. The number of hydrogen-bond acceptors (Lipinski definition) is 3. The van der Waals surface area contributed by atoms with E-state index < -0.39 is 5.41 Å². The van der Waals surface area contributed by atoms with Gasteiger partial charge >= 0.3 is 0 Å². The summed E-state index contributed by atoms with van der Waals surface area (Å²) in [6.45, 7) is 0. The number of nitrogens with zero attached hydrogens (tertiary/aromatic N) is 2. The fraction of sp³-hybridized carbons (Fsp3) is 0.214. The molecule has 2 aromatic rings. The number of likely N-dealkylation sites (N-methyl/N-ethyl adjacent to an activating group) is 1. The molecule has 3 heterocycles. The number of amides is 2. The Kier molecular flexibility index (Phi) is 2.28. The molecule has 6 nitrogen and oxygen atoms in total. The molecule has 1 aromatic heterocycles. The van der Waals surface area contributed by atoms with Gasteiger partial charge in [0.25, 0.3) is 0 Å². The van der Waals surface area contributed by atoms with Crippen molar-refractivity contribution in [3.05, 3.63) is 40.5 Å². The Hall–Kier alpha value is -2.34. The standard InChI is InChI=1S/C14H11ClN4O2/c1-19-10-3-2-7(15)4-8(10)14(13(19)21)5-11(20)17-12-9(14)6-16-18-12/h2-4,6H,5H2,1H3,(H2,16,17,18,20)/t14-/m1/s1. The van der Waals surface area contributed by atoms with Crippen LogP contribution >= 0.6 is 11.6 Å². The van der Waals surface area contributed by atoms with Crippen molar-refractivity contribution in [2.24, 2.45) is 0 Å². The first-order valence-electron chi connectivity index (χ1n) is 6.46. The summed E-state index contributed by atoms with van der Waals surface area (Å²) in [6.07, 6.45) is 1.65. The third-order valence-electron chi connectivity index (χ3n) is 4.24. The second-order valence-electron chi connectivity index (χ2n) is 5.31. The maximum Gasteiger partial charge on any atom is 0.242 e. The summed E-state index contributed by atoms with van der Waals surface area (Å²) in [6, 6.07) is 5.30. The maximum absolute atomic E-state index is 12.9. The van der Waals surface area contributed by atoms with Crippen LogP contribution in [0.4, 0.5) is 11.5 Å². The molecule has 21 heavy (non-hydrogen) atoms. The minimum atomic E-state index is -1.04. The van der Waals surface area contributed by atoms with E-state index in [9.17, 15) is 9.59 Å². The molecule has 0 bridgehead atoms. The molecule has 4 rings (SSSR count). The fourth-order valence-corrected chi connectivity index (χ4v) is 3.48. The van der Waals surface area contributed by atoms with Crippen LogP contribution in [0.2, 0.25) is 5.02 Å². The van der Waals surface area contributed by atoms with Gasteiger partial charge in [-0.05, 0) is 23.8 Å². The number of halogens is 1. The van der Waals surface area contributed by atoms with Crippen LogP contribution in [-0.2, 0) is 15.0 Å². The van der Waals surface area contributed by atoms with Crippen molar-refractivity contribution in [1.82, 2.24) is 10.2 Å². The smallest absolute Gasteiger partial charge is 0.242 e. The van der Waals surface area contributed by atoms with Crippen LogP contribution < -0.4 is 10.2 Å². The molecule has 0 radical (unpaired) electrons. The summed E-state index contributed by atoms with van der Waals surface area (Å²) in [4.78, 5) is 26.6. The highest BCUT2D eigenvalue weighted by Crippen LogP contribution is 2.51. The quantitative estimate of drug-likeness (QED) is 0.777. The molecule has 2 N–H and O–H groups in total. The predicted molar refractivity (Wildman–Crippen MR) is 77.5 cm³/mol. The number of benzene rings is 1. The molecule has 0 saturated carbocycles. The topological polar surface area (TPSA) is 78.1 Å². The van der Waals surface area contributed by atoms with E-state index in [4.69, 9.17) is 11.6 Å². The highest BCUT2D eigenvalue weighted by Gasteiger charge is 2.55. The molecule has 0 aliphatic carbocycles. The van der Waals surface area contributed by atoms with Crippen molar-refractivity contribution in [1.29, 1.82) is 0 Å². The van der Waals surface area contributed by atoms with E-state index in [1.54, 1.807) is 36.3 Å². The molecule has 2 aliphatic heterocycles. The zero-order chi connectivity index (χ0) is 14.8. The molecular weight excluding hydrogens is 292 g/mol. The van der Waals surface area contributed by atoms with Crippen LogP contribution in [0.1, 0.15) is 17.5 Å². The lowest BCUT2D eigenvalue weighted by Crippen LogP contribution is -2.45. The molecular formula is C14H11ClN4O2. The molecule has 1 atom stereocenters. The number of hydrogen-bond donors (Lipinski definition) is 2. The van der Waals surface area contributed by atoms with E-state index in [0.29, 0.717) is 16.4 Å². The number of aromatic amines is 1. The van der Waals surface area contributed by atoms with Crippen LogP contribution in [0.15, 0.2) is 24.4 Å². The van der Waals surface area contributed by atoms with E-state index in [2.05, 4.69) is 15.5 Å². The highest BCUT2D eigenvalue weighted by atomic mass is 35.5. The zero-order valence-electron chi connectivity index (χ0n) is 11.1. The summed E-state index contributed by atoms with van der Waals surface area (Å²) in [5.41, 5.74) is 1.16. The summed E-state index contributed by atoms with van der Waals surface area (Å²) in [7, 11) is 1.70. The first kappa shape index (κ1) is 12.4. The van der Waals surface area contributed by atoms with E-state index in [0.717, 1.165) is 11.3 Å². The Balaban J connectivity index is 2.08. The lowest BCUT2D eigenvalue weighted by Gasteiger charge is -2.31. The Bertz CT molecular complexity index is 800. The number of fused-ring (bicyclic) bond motifs is 4. The summed E-state index contributed by atoms with van der Waals surface area (Å²) in [5.74, 6) is 0.111. The van der Waals surface area contributed by atoms with Crippen LogP contribution in [-0.4, -0.2) is 29.1 Å². The molecule has 0 saturated heterocycles. The minimum Gasteiger partial charge on any atom is -0.314 e. The molecule has 0 fully saturated rings. The molecule has 1 aromatic carbocycles. The molecule has 7 heteroatoms. The van der Waals surface area contributed by atoms with Gasteiger partial charge in [-0.2, -0.15) is 5.10 Å². The minimum absolute atomic E-state index is 0.0516. The first-order chi connectivity index (χ1) is 10.0. The normalized spacial score (nSPS) is 23.2. The Labute approximate surface area is 125 Å². The van der Waals surface area contributed by atoms with Crippen molar-refractivity contribution in [2.45, 2.75) is 11.8 Å². The number of anilines is 2. The lowest BCUT2D eigenvalue weighted by molar-refractivity contribution is -0.126. The van der Waals surface area contributed by atoms with E-state index in [-0.39, 0.29) is 18.2 Å². The van der Waals surface area contributed by atoms with E-state index in [1.807, 2.05) is 0 Å².